The third-order valence-corrected chi connectivity index (χ3v) is 11.9. The molecule has 3 nitrogen and oxygen atoms in total. The van der Waals surface area contributed by atoms with Crippen LogP contribution in [0, 0.1) is 45.3 Å². The zero-order chi connectivity index (χ0) is 25.1. The van der Waals surface area contributed by atoms with Crippen LogP contribution >= 0.6 is 0 Å². The van der Waals surface area contributed by atoms with Crippen LogP contribution in [0.4, 0.5) is 0 Å². The highest BCUT2D eigenvalue weighted by Crippen LogP contribution is 2.73. The number of hydrogen-bond donors (Lipinski definition) is 0. The summed E-state index contributed by atoms with van der Waals surface area (Å²) in [7, 11) is 1.45. The third kappa shape index (κ3) is 3.58. The van der Waals surface area contributed by atoms with Crippen molar-refractivity contribution in [1.29, 1.82) is 0 Å². The van der Waals surface area contributed by atoms with Crippen molar-refractivity contribution in [3.05, 3.63) is 23.3 Å². The number of esters is 1. The average molecular weight is 469 g/mol. The Morgan fingerprint density at radius 3 is 2.53 bits per heavy atom. The Morgan fingerprint density at radius 1 is 1.15 bits per heavy atom. The second kappa shape index (κ2) is 8.63. The van der Waals surface area contributed by atoms with E-state index in [9.17, 15) is 9.59 Å². The number of carbonyl (C=O) groups is 2. The highest BCUT2D eigenvalue weighted by atomic mass is 16.5. The van der Waals surface area contributed by atoms with Gasteiger partial charge in [0.25, 0.3) is 0 Å². The van der Waals surface area contributed by atoms with E-state index in [1.807, 2.05) is 6.92 Å². The number of ether oxygens (including phenoxy) is 1. The fourth-order valence-electron chi connectivity index (χ4n) is 9.47. The molecule has 3 fully saturated rings. The first-order chi connectivity index (χ1) is 15.8. The van der Waals surface area contributed by atoms with Crippen LogP contribution in [-0.2, 0) is 14.3 Å². The minimum absolute atomic E-state index is 0.195. The van der Waals surface area contributed by atoms with Crippen molar-refractivity contribution in [2.45, 2.75) is 106 Å². The summed E-state index contributed by atoms with van der Waals surface area (Å²) in [5.74, 6) is 2.74. The van der Waals surface area contributed by atoms with Crippen molar-refractivity contribution in [3.63, 3.8) is 0 Å². The van der Waals surface area contributed by atoms with Gasteiger partial charge in [-0.2, -0.15) is 0 Å². The first-order valence-electron chi connectivity index (χ1n) is 13.8. The molecular weight excluding hydrogens is 420 g/mol. The molecule has 0 aliphatic heterocycles. The summed E-state index contributed by atoms with van der Waals surface area (Å²) in [4.78, 5) is 24.5. The minimum Gasteiger partial charge on any atom is -0.466 e. The van der Waals surface area contributed by atoms with Gasteiger partial charge in [-0.25, -0.2) is 4.79 Å². The summed E-state index contributed by atoms with van der Waals surface area (Å²) in [5, 5.41) is 0. The Labute approximate surface area is 208 Å². The topological polar surface area (TPSA) is 43.4 Å². The predicted octanol–water partition coefficient (Wildman–Crippen LogP) is 7.70. The quantitative estimate of drug-likeness (QED) is 0.236. The third-order valence-electron chi connectivity index (χ3n) is 11.9. The number of hydrogen-bond acceptors (Lipinski definition) is 3. The number of Topliss-reactive ketones (excluding diaryl/α,β-unsaturated/α-hetero) is 1. The molecule has 0 heterocycles. The number of methoxy groups -OCH3 is 1. The van der Waals surface area contributed by atoms with E-state index in [2.05, 4.69) is 53.7 Å². The zero-order valence-corrected chi connectivity index (χ0v) is 23.1. The van der Waals surface area contributed by atoms with E-state index in [-0.39, 0.29) is 22.2 Å². The fourth-order valence-corrected chi connectivity index (χ4v) is 9.47. The monoisotopic (exact) mass is 468 g/mol. The first kappa shape index (κ1) is 25.7. The van der Waals surface area contributed by atoms with E-state index in [0.29, 0.717) is 29.0 Å². The maximum absolute atomic E-state index is 12.8. The van der Waals surface area contributed by atoms with Crippen molar-refractivity contribution >= 4 is 11.8 Å². The normalized spacial score (nSPS) is 42.2. The Hall–Kier alpha value is -1.38. The second-order valence-electron chi connectivity index (χ2n) is 13.5. The summed E-state index contributed by atoms with van der Waals surface area (Å²) in [6, 6.07) is 0. The lowest BCUT2D eigenvalue weighted by Crippen LogP contribution is -2.57. The van der Waals surface area contributed by atoms with Gasteiger partial charge >= 0.3 is 5.97 Å². The molecule has 0 bridgehead atoms. The highest BCUT2D eigenvalue weighted by Gasteiger charge is 2.65. The van der Waals surface area contributed by atoms with Crippen molar-refractivity contribution in [2.75, 3.05) is 7.11 Å². The number of ketones is 1. The molecule has 4 aliphatic rings. The van der Waals surface area contributed by atoms with Gasteiger partial charge in [0.05, 0.1) is 7.11 Å². The van der Waals surface area contributed by atoms with Crippen LogP contribution in [0.25, 0.3) is 0 Å². The second-order valence-corrected chi connectivity index (χ2v) is 13.5. The van der Waals surface area contributed by atoms with Gasteiger partial charge in [-0.3, -0.25) is 4.79 Å². The molecule has 0 amide bonds. The average Bonchev–Trinajstić information content (AvgIpc) is 3.07. The van der Waals surface area contributed by atoms with Crippen molar-refractivity contribution < 1.29 is 14.3 Å². The summed E-state index contributed by atoms with van der Waals surface area (Å²) >= 11 is 0. The fraction of sp³-hybridized carbons (Fsp3) is 0.806. The van der Waals surface area contributed by atoms with E-state index < -0.39 is 0 Å². The molecule has 0 aromatic rings. The van der Waals surface area contributed by atoms with Gasteiger partial charge in [0.2, 0.25) is 0 Å². The molecule has 4 aliphatic carbocycles. The van der Waals surface area contributed by atoms with Crippen molar-refractivity contribution in [1.82, 2.24) is 0 Å². The number of fused-ring (bicyclic) bond motifs is 5. The number of carbonyl (C=O) groups excluding carboxylic acids is 2. The van der Waals surface area contributed by atoms with E-state index in [1.165, 1.54) is 32.8 Å². The van der Waals surface area contributed by atoms with E-state index >= 15 is 0 Å². The van der Waals surface area contributed by atoms with Crippen molar-refractivity contribution in [2.24, 2.45) is 45.3 Å². The predicted molar refractivity (Wildman–Crippen MR) is 138 cm³/mol. The van der Waals surface area contributed by atoms with Crippen LogP contribution in [0.15, 0.2) is 23.3 Å². The van der Waals surface area contributed by atoms with E-state index in [0.717, 1.165) is 43.6 Å². The van der Waals surface area contributed by atoms with Gasteiger partial charge < -0.3 is 4.74 Å². The van der Waals surface area contributed by atoms with Gasteiger partial charge in [-0.15, -0.1) is 0 Å². The van der Waals surface area contributed by atoms with Gasteiger partial charge in [0.1, 0.15) is 5.78 Å². The Kier molecular flexibility index (Phi) is 6.52. The molecule has 0 aromatic heterocycles. The van der Waals surface area contributed by atoms with Crippen LogP contribution in [-0.4, -0.2) is 18.9 Å². The van der Waals surface area contributed by atoms with Crippen LogP contribution in [0.5, 0.6) is 0 Å². The summed E-state index contributed by atoms with van der Waals surface area (Å²) < 4.78 is 4.85. The Morgan fingerprint density at radius 2 is 1.85 bits per heavy atom. The molecular formula is C31H48O3. The van der Waals surface area contributed by atoms with Gasteiger partial charge in [-0.05, 0) is 98.2 Å². The SMILES string of the molecule is COC(=O)C(C)=CCCC(C)C1CCC2(C)C3=CCC4C(C)(C)C(=O)CCC4(C)C3CCC12C. The van der Waals surface area contributed by atoms with E-state index in [1.54, 1.807) is 5.57 Å². The Balaban J connectivity index is 1.56. The first-order valence-corrected chi connectivity index (χ1v) is 13.8. The summed E-state index contributed by atoms with van der Waals surface area (Å²) in [6.45, 7) is 16.4. The van der Waals surface area contributed by atoms with Crippen LogP contribution < -0.4 is 0 Å². The molecule has 3 heteroatoms. The molecule has 0 saturated heterocycles. The molecule has 190 valence electrons. The number of allylic oxidation sites excluding steroid dienone is 3. The lowest BCUT2D eigenvalue weighted by molar-refractivity contribution is -0.146. The highest BCUT2D eigenvalue weighted by molar-refractivity contribution is 5.87. The van der Waals surface area contributed by atoms with Crippen LogP contribution in [0.2, 0.25) is 0 Å². The lowest BCUT2D eigenvalue weighted by atomic mass is 9.41. The zero-order valence-electron chi connectivity index (χ0n) is 23.1. The van der Waals surface area contributed by atoms with Crippen LogP contribution in [0.1, 0.15) is 106 Å². The van der Waals surface area contributed by atoms with Gasteiger partial charge in [0, 0.05) is 17.4 Å². The molecule has 3 saturated carbocycles. The van der Waals surface area contributed by atoms with Gasteiger partial charge in [0.15, 0.2) is 0 Å². The van der Waals surface area contributed by atoms with Gasteiger partial charge in [-0.1, -0.05) is 59.3 Å². The van der Waals surface area contributed by atoms with Crippen LogP contribution in [0.3, 0.4) is 0 Å². The van der Waals surface area contributed by atoms with E-state index in [4.69, 9.17) is 4.74 Å². The molecule has 0 aromatic carbocycles. The maximum atomic E-state index is 12.8. The molecule has 7 unspecified atom stereocenters. The Bertz CT molecular complexity index is 910. The maximum Gasteiger partial charge on any atom is 0.333 e. The standard InChI is InChI=1S/C31H48O3/c1-20(10-9-11-21(2)27(33)34-8)22-14-18-31(7)24-12-13-25-28(3,4)26(32)16-17-29(25,5)23(24)15-19-30(22,31)6/h11-12,20,22-23,25H,9-10,13-19H2,1-8H3. The smallest absolute Gasteiger partial charge is 0.333 e. The molecule has 0 N–H and O–H groups in total. The molecule has 0 spiro atoms. The molecule has 34 heavy (non-hydrogen) atoms. The number of rotatable bonds is 5. The molecule has 4 rings (SSSR count). The molecule has 7 atom stereocenters. The molecule has 0 radical (unpaired) electrons. The minimum atomic E-state index is -0.213. The summed E-state index contributed by atoms with van der Waals surface area (Å²) in [5.41, 5.74) is 3.14. The lowest BCUT2D eigenvalue weighted by Gasteiger charge is -2.63. The summed E-state index contributed by atoms with van der Waals surface area (Å²) in [6.07, 6.45) is 14.8. The van der Waals surface area contributed by atoms with Crippen molar-refractivity contribution in [3.8, 4) is 0 Å². The largest absolute Gasteiger partial charge is 0.466 e.